The third-order valence-corrected chi connectivity index (χ3v) is 4.76. The van der Waals surface area contributed by atoms with Crippen molar-refractivity contribution in [2.45, 2.75) is 25.7 Å². The summed E-state index contributed by atoms with van der Waals surface area (Å²) < 4.78 is 65.9. The monoisotopic (exact) mass is 410 g/mol. The van der Waals surface area contributed by atoms with Gasteiger partial charge in [0, 0.05) is 44.0 Å². The molecule has 1 N–H and O–H groups in total. The summed E-state index contributed by atoms with van der Waals surface area (Å²) in [4.78, 5) is 18.3. The van der Waals surface area contributed by atoms with Gasteiger partial charge in [-0.1, -0.05) is 0 Å². The highest BCUT2D eigenvalue weighted by molar-refractivity contribution is 5.30. The fourth-order valence-electron chi connectivity index (χ4n) is 3.40. The van der Waals surface area contributed by atoms with Gasteiger partial charge in [-0.15, -0.1) is 0 Å². The van der Waals surface area contributed by atoms with E-state index in [1.807, 2.05) is 4.90 Å². The first-order valence-corrected chi connectivity index (χ1v) is 8.74. The van der Waals surface area contributed by atoms with E-state index in [4.69, 9.17) is 0 Å². The Morgan fingerprint density at radius 2 is 1.83 bits per heavy atom. The van der Waals surface area contributed by atoms with Crippen LogP contribution in [0.2, 0.25) is 0 Å². The van der Waals surface area contributed by atoms with Crippen LogP contribution in [0.15, 0.2) is 41.3 Å². The standard InChI is InChI=1S/C19H15F5N4O/c20-13-5-11(6-14(21)7-13)9-27-4-3-16-15(10-27)18(29)28(26-16)17-2-1-12(8-25-17)19(22,23)24/h1-2,5-8,26H,3-4,9-10H2. The fraction of sp³-hybridized carbons (Fsp3) is 0.263. The number of halogens is 5. The minimum absolute atomic E-state index is 0.0520. The molecule has 1 aromatic carbocycles. The Balaban J connectivity index is 1.57. The van der Waals surface area contributed by atoms with Crippen molar-refractivity contribution < 1.29 is 22.0 Å². The number of benzene rings is 1. The molecule has 0 fully saturated rings. The first-order chi connectivity index (χ1) is 13.7. The topological polar surface area (TPSA) is 53.9 Å². The van der Waals surface area contributed by atoms with Crippen molar-refractivity contribution >= 4 is 0 Å². The highest BCUT2D eigenvalue weighted by Crippen LogP contribution is 2.28. The van der Waals surface area contributed by atoms with Gasteiger partial charge in [-0.3, -0.25) is 14.8 Å². The molecule has 3 heterocycles. The average molecular weight is 410 g/mol. The molecule has 0 atom stereocenters. The molecular formula is C19H15F5N4O. The molecule has 152 valence electrons. The number of fused-ring (bicyclic) bond motifs is 1. The van der Waals surface area contributed by atoms with Crippen molar-refractivity contribution in [1.82, 2.24) is 19.7 Å². The van der Waals surface area contributed by atoms with Crippen LogP contribution in [-0.4, -0.2) is 26.2 Å². The van der Waals surface area contributed by atoms with E-state index in [1.165, 1.54) is 12.1 Å². The number of aromatic nitrogens is 3. The van der Waals surface area contributed by atoms with Crippen LogP contribution in [0.1, 0.15) is 22.4 Å². The van der Waals surface area contributed by atoms with Crippen LogP contribution in [0, 0.1) is 11.6 Å². The van der Waals surface area contributed by atoms with E-state index in [-0.39, 0.29) is 18.9 Å². The number of hydrogen-bond acceptors (Lipinski definition) is 3. The van der Waals surface area contributed by atoms with Crippen LogP contribution in [0.5, 0.6) is 0 Å². The lowest BCUT2D eigenvalue weighted by molar-refractivity contribution is -0.137. The molecule has 0 amide bonds. The lowest BCUT2D eigenvalue weighted by atomic mass is 10.1. The quantitative estimate of drug-likeness (QED) is 0.674. The van der Waals surface area contributed by atoms with Gasteiger partial charge < -0.3 is 0 Å². The van der Waals surface area contributed by atoms with E-state index in [0.717, 1.165) is 22.9 Å². The molecule has 5 nitrogen and oxygen atoms in total. The minimum Gasteiger partial charge on any atom is -0.294 e. The molecule has 0 unspecified atom stereocenters. The van der Waals surface area contributed by atoms with Crippen LogP contribution in [-0.2, 0) is 25.7 Å². The second-order valence-electron chi connectivity index (χ2n) is 6.85. The van der Waals surface area contributed by atoms with Gasteiger partial charge in [0.15, 0.2) is 5.82 Å². The Labute approximate surface area is 161 Å². The normalized spacial score (nSPS) is 14.8. The molecule has 4 rings (SSSR count). The first-order valence-electron chi connectivity index (χ1n) is 8.74. The van der Waals surface area contributed by atoms with Crippen molar-refractivity contribution in [3.63, 3.8) is 0 Å². The number of nitrogens with one attached hydrogen (secondary N) is 1. The largest absolute Gasteiger partial charge is 0.417 e. The maximum absolute atomic E-state index is 13.4. The molecule has 0 radical (unpaired) electrons. The zero-order valence-corrected chi connectivity index (χ0v) is 14.9. The minimum atomic E-state index is -4.51. The molecule has 29 heavy (non-hydrogen) atoms. The molecule has 0 aliphatic carbocycles. The highest BCUT2D eigenvalue weighted by Gasteiger charge is 2.31. The third-order valence-electron chi connectivity index (χ3n) is 4.76. The van der Waals surface area contributed by atoms with Crippen LogP contribution in [0.25, 0.3) is 5.82 Å². The Hall–Kier alpha value is -3.01. The molecular weight excluding hydrogens is 395 g/mol. The van der Waals surface area contributed by atoms with Gasteiger partial charge in [0.1, 0.15) is 11.6 Å². The average Bonchev–Trinajstić information content (AvgIpc) is 2.97. The summed E-state index contributed by atoms with van der Waals surface area (Å²) in [5, 5.41) is 2.89. The molecule has 0 bridgehead atoms. The summed E-state index contributed by atoms with van der Waals surface area (Å²) in [7, 11) is 0. The number of pyridine rings is 1. The maximum atomic E-state index is 13.4. The van der Waals surface area contributed by atoms with E-state index < -0.39 is 28.9 Å². The molecule has 3 aromatic rings. The molecule has 0 saturated carbocycles. The van der Waals surface area contributed by atoms with E-state index in [9.17, 15) is 26.7 Å². The van der Waals surface area contributed by atoms with Crippen LogP contribution < -0.4 is 5.56 Å². The number of hydrogen-bond donors (Lipinski definition) is 1. The van der Waals surface area contributed by atoms with Gasteiger partial charge in [0.25, 0.3) is 5.56 Å². The van der Waals surface area contributed by atoms with E-state index >= 15 is 0 Å². The zero-order valence-electron chi connectivity index (χ0n) is 14.9. The Bertz CT molecular complexity index is 1080. The summed E-state index contributed by atoms with van der Waals surface area (Å²) in [6.45, 7) is 1.05. The third kappa shape index (κ3) is 3.93. The first kappa shape index (κ1) is 19.3. The van der Waals surface area contributed by atoms with Gasteiger partial charge in [0.05, 0.1) is 11.1 Å². The van der Waals surface area contributed by atoms with Crippen LogP contribution in [0.3, 0.4) is 0 Å². The fourth-order valence-corrected chi connectivity index (χ4v) is 3.40. The number of rotatable bonds is 3. The summed E-state index contributed by atoms with van der Waals surface area (Å²) in [5.41, 5.74) is 0.251. The van der Waals surface area contributed by atoms with Crippen LogP contribution >= 0.6 is 0 Å². The van der Waals surface area contributed by atoms with Crippen molar-refractivity contribution in [2.24, 2.45) is 0 Å². The van der Waals surface area contributed by atoms with Crippen molar-refractivity contribution in [3.8, 4) is 5.82 Å². The second kappa shape index (κ2) is 7.11. The molecule has 10 heteroatoms. The molecule has 1 aliphatic heterocycles. The number of aromatic amines is 1. The lowest BCUT2D eigenvalue weighted by Gasteiger charge is -2.25. The van der Waals surface area contributed by atoms with Gasteiger partial charge in [-0.2, -0.15) is 13.2 Å². The molecule has 0 saturated heterocycles. The van der Waals surface area contributed by atoms with Crippen molar-refractivity contribution in [3.05, 3.63) is 80.9 Å². The summed E-state index contributed by atoms with van der Waals surface area (Å²) in [6, 6.07) is 5.25. The highest BCUT2D eigenvalue weighted by atomic mass is 19.4. The van der Waals surface area contributed by atoms with Crippen molar-refractivity contribution in [2.75, 3.05) is 6.54 Å². The molecule has 0 spiro atoms. The van der Waals surface area contributed by atoms with Crippen LogP contribution in [0.4, 0.5) is 22.0 Å². The predicted molar refractivity (Wildman–Crippen MR) is 93.4 cm³/mol. The number of nitrogens with zero attached hydrogens (tertiary/aromatic N) is 3. The summed E-state index contributed by atoms with van der Waals surface area (Å²) in [5.74, 6) is -1.29. The van der Waals surface area contributed by atoms with E-state index in [0.29, 0.717) is 36.0 Å². The molecule has 1 aliphatic rings. The Kier molecular flexibility index (Phi) is 4.73. The second-order valence-corrected chi connectivity index (χ2v) is 6.85. The smallest absolute Gasteiger partial charge is 0.294 e. The van der Waals surface area contributed by atoms with Gasteiger partial charge >= 0.3 is 6.18 Å². The van der Waals surface area contributed by atoms with Gasteiger partial charge in [-0.25, -0.2) is 18.4 Å². The maximum Gasteiger partial charge on any atom is 0.417 e. The van der Waals surface area contributed by atoms with Crippen molar-refractivity contribution in [1.29, 1.82) is 0 Å². The molecule has 2 aromatic heterocycles. The number of alkyl halides is 3. The SMILES string of the molecule is O=c1c2c([nH]n1-c1ccc(C(F)(F)F)cn1)CCN(Cc1cc(F)cc(F)c1)C2. The number of H-pyrrole nitrogens is 1. The lowest BCUT2D eigenvalue weighted by Crippen LogP contribution is -2.32. The predicted octanol–water partition coefficient (Wildman–Crippen LogP) is 3.42. The summed E-state index contributed by atoms with van der Waals surface area (Å²) in [6.07, 6.45) is -3.36. The van der Waals surface area contributed by atoms with Gasteiger partial charge in [-0.05, 0) is 29.8 Å². The van der Waals surface area contributed by atoms with Gasteiger partial charge in [0.2, 0.25) is 0 Å². The Morgan fingerprint density at radius 3 is 2.45 bits per heavy atom. The Morgan fingerprint density at radius 1 is 1.10 bits per heavy atom. The van der Waals surface area contributed by atoms with E-state index in [1.54, 1.807) is 0 Å². The zero-order chi connectivity index (χ0) is 20.8. The summed E-state index contributed by atoms with van der Waals surface area (Å²) >= 11 is 0. The van der Waals surface area contributed by atoms with E-state index in [2.05, 4.69) is 10.1 Å².